The molecule has 0 atom stereocenters. The van der Waals surface area contributed by atoms with Crippen LogP contribution in [0.2, 0.25) is 0 Å². The van der Waals surface area contributed by atoms with E-state index in [-0.39, 0.29) is 11.8 Å². The van der Waals surface area contributed by atoms with E-state index in [0.29, 0.717) is 12.8 Å². The summed E-state index contributed by atoms with van der Waals surface area (Å²) < 4.78 is 4.58. The Balaban J connectivity index is 2.65. The summed E-state index contributed by atoms with van der Waals surface area (Å²) >= 11 is 0. The van der Waals surface area contributed by atoms with E-state index in [2.05, 4.69) is 4.74 Å². The average molecular weight is 232 g/mol. The van der Waals surface area contributed by atoms with Gasteiger partial charge in [0.15, 0.2) is 5.78 Å². The summed E-state index contributed by atoms with van der Waals surface area (Å²) in [6.07, 6.45) is 4.31. The Morgan fingerprint density at radius 2 is 2.12 bits per heavy atom. The molecular weight excluding hydrogens is 216 g/mol. The lowest BCUT2D eigenvalue weighted by molar-refractivity contribution is -0.140. The molecule has 1 rings (SSSR count). The van der Waals surface area contributed by atoms with Gasteiger partial charge < -0.3 is 4.74 Å². The summed E-state index contributed by atoms with van der Waals surface area (Å²) in [5.74, 6) is -0.195. The van der Waals surface area contributed by atoms with Crippen molar-refractivity contribution in [3.05, 3.63) is 41.5 Å². The van der Waals surface area contributed by atoms with Crippen LogP contribution in [0.25, 0.3) is 6.08 Å². The van der Waals surface area contributed by atoms with E-state index in [1.54, 1.807) is 6.08 Å². The highest BCUT2D eigenvalue weighted by Crippen LogP contribution is 2.09. The van der Waals surface area contributed by atoms with Crippen LogP contribution in [0.15, 0.2) is 30.3 Å². The van der Waals surface area contributed by atoms with Crippen molar-refractivity contribution in [2.75, 3.05) is 7.11 Å². The zero-order chi connectivity index (χ0) is 12.7. The van der Waals surface area contributed by atoms with Gasteiger partial charge in [-0.25, -0.2) is 0 Å². The molecule has 1 aromatic rings. The van der Waals surface area contributed by atoms with Crippen LogP contribution in [-0.2, 0) is 20.7 Å². The maximum atomic E-state index is 11.0. The molecule has 0 bridgehead atoms. The Bertz CT molecular complexity index is 433. The molecule has 0 heterocycles. The monoisotopic (exact) mass is 232 g/mol. The lowest BCUT2D eigenvalue weighted by atomic mass is 10.1. The molecule has 0 N–H and O–H groups in total. The van der Waals surface area contributed by atoms with Gasteiger partial charge in [-0.3, -0.25) is 9.59 Å². The average Bonchev–Trinajstić information content (AvgIpc) is 2.34. The maximum Gasteiger partial charge on any atom is 0.305 e. The normalized spacial score (nSPS) is 10.5. The lowest BCUT2D eigenvalue weighted by Gasteiger charge is -2.01. The predicted octanol–water partition coefficient (Wildman–Crippen LogP) is 2.39. The zero-order valence-electron chi connectivity index (χ0n) is 10.1. The number of aryl methyl sites for hydroxylation is 1. The van der Waals surface area contributed by atoms with Gasteiger partial charge in [0, 0.05) is 6.42 Å². The van der Waals surface area contributed by atoms with Crippen molar-refractivity contribution in [1.82, 2.24) is 0 Å². The number of allylic oxidation sites excluding steroid dienone is 1. The van der Waals surface area contributed by atoms with Gasteiger partial charge in [0.2, 0.25) is 0 Å². The van der Waals surface area contributed by atoms with Crippen LogP contribution in [0, 0.1) is 0 Å². The van der Waals surface area contributed by atoms with Gasteiger partial charge in [-0.15, -0.1) is 0 Å². The summed E-state index contributed by atoms with van der Waals surface area (Å²) in [5, 5.41) is 0. The quantitative estimate of drug-likeness (QED) is 0.578. The molecular formula is C14H16O3. The second-order valence-electron chi connectivity index (χ2n) is 3.77. The van der Waals surface area contributed by atoms with Crippen molar-refractivity contribution in [2.45, 2.75) is 19.8 Å². The third-order valence-corrected chi connectivity index (χ3v) is 2.31. The topological polar surface area (TPSA) is 43.4 Å². The molecule has 3 nitrogen and oxygen atoms in total. The maximum absolute atomic E-state index is 11.0. The van der Waals surface area contributed by atoms with Crippen LogP contribution < -0.4 is 0 Å². The number of hydrogen-bond acceptors (Lipinski definition) is 3. The van der Waals surface area contributed by atoms with E-state index in [1.165, 1.54) is 20.1 Å². The van der Waals surface area contributed by atoms with Crippen molar-refractivity contribution in [3.63, 3.8) is 0 Å². The Labute approximate surface area is 101 Å². The minimum Gasteiger partial charge on any atom is -0.469 e. The third kappa shape index (κ3) is 5.11. The van der Waals surface area contributed by atoms with Crippen molar-refractivity contribution in [3.8, 4) is 0 Å². The molecule has 0 fully saturated rings. The molecule has 0 unspecified atom stereocenters. The molecule has 0 aliphatic rings. The van der Waals surface area contributed by atoms with Gasteiger partial charge in [-0.2, -0.15) is 0 Å². The van der Waals surface area contributed by atoms with Crippen molar-refractivity contribution in [2.24, 2.45) is 0 Å². The van der Waals surface area contributed by atoms with Crippen molar-refractivity contribution >= 4 is 17.8 Å². The van der Waals surface area contributed by atoms with Gasteiger partial charge in [0.1, 0.15) is 0 Å². The number of esters is 1. The van der Waals surface area contributed by atoms with E-state index >= 15 is 0 Å². The highest BCUT2D eigenvalue weighted by Gasteiger charge is 2.01. The largest absolute Gasteiger partial charge is 0.469 e. The fourth-order valence-corrected chi connectivity index (χ4v) is 1.41. The highest BCUT2D eigenvalue weighted by molar-refractivity contribution is 5.91. The van der Waals surface area contributed by atoms with Gasteiger partial charge in [0.25, 0.3) is 0 Å². The summed E-state index contributed by atoms with van der Waals surface area (Å²) in [6, 6.07) is 7.74. The first-order chi connectivity index (χ1) is 8.11. The lowest BCUT2D eigenvalue weighted by Crippen LogP contribution is -2.01. The number of hydrogen-bond donors (Lipinski definition) is 0. The van der Waals surface area contributed by atoms with Gasteiger partial charge in [0.05, 0.1) is 7.11 Å². The van der Waals surface area contributed by atoms with Gasteiger partial charge in [-0.05, 0) is 30.5 Å². The molecule has 17 heavy (non-hydrogen) atoms. The van der Waals surface area contributed by atoms with E-state index in [1.807, 2.05) is 24.3 Å². The summed E-state index contributed by atoms with van der Waals surface area (Å²) in [4.78, 5) is 21.8. The molecule has 3 heteroatoms. The molecule has 1 aromatic carbocycles. The fourth-order valence-electron chi connectivity index (χ4n) is 1.41. The van der Waals surface area contributed by atoms with Crippen molar-refractivity contribution < 1.29 is 14.3 Å². The molecule has 0 aromatic heterocycles. The van der Waals surface area contributed by atoms with E-state index in [4.69, 9.17) is 0 Å². The Kier molecular flexibility index (Phi) is 5.14. The number of ether oxygens (including phenoxy) is 1. The van der Waals surface area contributed by atoms with E-state index in [0.717, 1.165) is 11.1 Å². The number of carbonyl (C=O) groups is 2. The summed E-state index contributed by atoms with van der Waals surface area (Å²) in [7, 11) is 1.38. The molecule has 0 aliphatic carbocycles. The first-order valence-corrected chi connectivity index (χ1v) is 5.46. The Hall–Kier alpha value is -1.90. The van der Waals surface area contributed by atoms with Crippen LogP contribution in [-0.4, -0.2) is 18.9 Å². The number of carbonyl (C=O) groups excluding carboxylic acids is 2. The molecule has 90 valence electrons. The summed E-state index contributed by atoms with van der Waals surface area (Å²) in [5.41, 5.74) is 2.02. The summed E-state index contributed by atoms with van der Waals surface area (Å²) in [6.45, 7) is 1.51. The van der Waals surface area contributed by atoms with Crippen LogP contribution >= 0.6 is 0 Å². The SMILES string of the molecule is COC(=O)CCc1cccc(C=CC(C)=O)c1. The van der Waals surface area contributed by atoms with Crippen molar-refractivity contribution in [1.29, 1.82) is 0 Å². The minimum atomic E-state index is -0.213. The highest BCUT2D eigenvalue weighted by atomic mass is 16.5. The second-order valence-corrected chi connectivity index (χ2v) is 3.77. The minimum absolute atomic E-state index is 0.0185. The number of ketones is 1. The van der Waals surface area contributed by atoms with Crippen LogP contribution in [0.5, 0.6) is 0 Å². The predicted molar refractivity (Wildman–Crippen MR) is 66.5 cm³/mol. The molecule has 0 aliphatic heterocycles. The molecule has 0 saturated heterocycles. The third-order valence-electron chi connectivity index (χ3n) is 2.31. The fraction of sp³-hybridized carbons (Fsp3) is 0.286. The van der Waals surface area contributed by atoms with Gasteiger partial charge in [-0.1, -0.05) is 30.3 Å². The van der Waals surface area contributed by atoms with E-state index in [9.17, 15) is 9.59 Å². The Morgan fingerprint density at radius 1 is 1.35 bits per heavy atom. The van der Waals surface area contributed by atoms with Crippen LogP contribution in [0.3, 0.4) is 0 Å². The smallest absolute Gasteiger partial charge is 0.305 e. The molecule has 0 spiro atoms. The molecule has 0 saturated carbocycles. The second kappa shape index (κ2) is 6.63. The van der Waals surface area contributed by atoms with Crippen LogP contribution in [0.1, 0.15) is 24.5 Å². The van der Waals surface area contributed by atoms with Crippen LogP contribution in [0.4, 0.5) is 0 Å². The standard InChI is InChI=1S/C14H16O3/c1-11(15)6-7-12-4-3-5-13(10-12)8-9-14(16)17-2/h3-7,10H,8-9H2,1-2H3. The van der Waals surface area contributed by atoms with Gasteiger partial charge >= 0.3 is 5.97 Å². The number of benzene rings is 1. The zero-order valence-corrected chi connectivity index (χ0v) is 10.1. The molecule has 0 amide bonds. The molecule has 0 radical (unpaired) electrons. The first kappa shape index (κ1) is 13.2. The number of methoxy groups -OCH3 is 1. The first-order valence-electron chi connectivity index (χ1n) is 5.46. The Morgan fingerprint density at radius 3 is 2.76 bits per heavy atom. The van der Waals surface area contributed by atoms with E-state index < -0.39 is 0 Å². The number of rotatable bonds is 5.